The molecule has 140 valence electrons. The second kappa shape index (κ2) is 7.99. The Morgan fingerprint density at radius 3 is 2.59 bits per heavy atom. The van der Waals surface area contributed by atoms with Gasteiger partial charge < -0.3 is 15.0 Å². The molecule has 0 spiro atoms. The van der Waals surface area contributed by atoms with Crippen molar-refractivity contribution in [1.29, 1.82) is 0 Å². The second-order valence-electron chi connectivity index (χ2n) is 6.14. The highest BCUT2D eigenvalue weighted by molar-refractivity contribution is 6.07. The number of rotatable bonds is 5. The van der Waals surface area contributed by atoms with Crippen LogP contribution in [0.3, 0.4) is 0 Å². The summed E-state index contributed by atoms with van der Waals surface area (Å²) in [6.45, 7) is 2.09. The average molecular weight is 370 g/mol. The molecule has 27 heavy (non-hydrogen) atoms. The van der Waals surface area contributed by atoms with Crippen LogP contribution in [0.5, 0.6) is 0 Å². The summed E-state index contributed by atoms with van der Waals surface area (Å²) in [7, 11) is 0. The molecule has 1 fully saturated rings. The van der Waals surface area contributed by atoms with Crippen LogP contribution >= 0.6 is 0 Å². The van der Waals surface area contributed by atoms with Gasteiger partial charge in [-0.2, -0.15) is 0 Å². The number of carbonyl (C=O) groups is 3. The number of benzene rings is 2. The first-order valence-corrected chi connectivity index (χ1v) is 8.62. The molecule has 0 aliphatic carbocycles. The van der Waals surface area contributed by atoms with E-state index in [2.05, 4.69) is 5.32 Å². The summed E-state index contributed by atoms with van der Waals surface area (Å²) in [6.07, 6.45) is 0.0319. The van der Waals surface area contributed by atoms with Crippen LogP contribution in [0.25, 0.3) is 0 Å². The van der Waals surface area contributed by atoms with Gasteiger partial charge in [-0.25, -0.2) is 9.18 Å². The van der Waals surface area contributed by atoms with Gasteiger partial charge in [0.15, 0.2) is 0 Å². The summed E-state index contributed by atoms with van der Waals surface area (Å²) in [5.41, 5.74) is 1.17. The van der Waals surface area contributed by atoms with Crippen molar-refractivity contribution in [1.82, 2.24) is 0 Å². The number of nitrogens with one attached hydrogen (secondary N) is 1. The van der Waals surface area contributed by atoms with Gasteiger partial charge in [-0.3, -0.25) is 9.59 Å². The standard InChI is InChI=1S/C20H19FN2O4/c1-2-27-20(26)16-5-3-4-6-17(16)23-12-13(11-18(23)24)19(25)22-15-9-7-14(21)8-10-15/h3-10,13H,2,11-12H2,1H3,(H,22,25). The number of esters is 1. The first-order valence-electron chi connectivity index (χ1n) is 8.62. The van der Waals surface area contributed by atoms with E-state index >= 15 is 0 Å². The molecule has 1 aliphatic rings. The molecule has 2 amide bonds. The van der Waals surface area contributed by atoms with Crippen molar-refractivity contribution in [3.63, 3.8) is 0 Å². The van der Waals surface area contributed by atoms with Gasteiger partial charge in [0.25, 0.3) is 0 Å². The molecule has 1 saturated heterocycles. The van der Waals surface area contributed by atoms with Gasteiger partial charge in [0.1, 0.15) is 5.82 Å². The Labute approximate surface area is 155 Å². The van der Waals surface area contributed by atoms with E-state index < -0.39 is 17.7 Å². The summed E-state index contributed by atoms with van der Waals surface area (Å²) in [6, 6.07) is 12.1. The van der Waals surface area contributed by atoms with Gasteiger partial charge in [-0.15, -0.1) is 0 Å². The number of anilines is 2. The van der Waals surface area contributed by atoms with Crippen molar-refractivity contribution in [2.24, 2.45) is 5.92 Å². The Hall–Kier alpha value is -3.22. The first-order chi connectivity index (χ1) is 13.0. The Morgan fingerprint density at radius 1 is 1.19 bits per heavy atom. The van der Waals surface area contributed by atoms with Crippen LogP contribution in [0.4, 0.5) is 15.8 Å². The van der Waals surface area contributed by atoms with Crippen LogP contribution in [0.15, 0.2) is 48.5 Å². The number of halogens is 1. The monoisotopic (exact) mass is 370 g/mol. The van der Waals surface area contributed by atoms with Crippen molar-refractivity contribution in [2.75, 3.05) is 23.4 Å². The molecular formula is C20H19FN2O4. The highest BCUT2D eigenvalue weighted by Gasteiger charge is 2.36. The second-order valence-corrected chi connectivity index (χ2v) is 6.14. The molecule has 7 heteroatoms. The molecule has 6 nitrogen and oxygen atoms in total. The van der Waals surface area contributed by atoms with E-state index in [4.69, 9.17) is 4.74 Å². The fraction of sp³-hybridized carbons (Fsp3) is 0.250. The van der Waals surface area contributed by atoms with Crippen LogP contribution in [0.2, 0.25) is 0 Å². The first kappa shape index (κ1) is 18.6. The predicted molar refractivity (Wildman–Crippen MR) is 97.9 cm³/mol. The van der Waals surface area contributed by atoms with E-state index in [1.54, 1.807) is 31.2 Å². The van der Waals surface area contributed by atoms with Gasteiger partial charge in [-0.1, -0.05) is 12.1 Å². The molecule has 1 unspecified atom stereocenters. The summed E-state index contributed by atoms with van der Waals surface area (Å²) in [4.78, 5) is 38.5. The van der Waals surface area contributed by atoms with Gasteiger partial charge in [0.05, 0.1) is 23.8 Å². The zero-order chi connectivity index (χ0) is 19.4. The maximum Gasteiger partial charge on any atom is 0.340 e. The zero-order valence-electron chi connectivity index (χ0n) is 14.8. The maximum atomic E-state index is 13.0. The quantitative estimate of drug-likeness (QED) is 0.821. The Kier molecular flexibility index (Phi) is 5.49. The topological polar surface area (TPSA) is 75.7 Å². The highest BCUT2D eigenvalue weighted by Crippen LogP contribution is 2.29. The molecule has 1 N–H and O–H groups in total. The summed E-state index contributed by atoms with van der Waals surface area (Å²) < 4.78 is 18.0. The molecule has 0 bridgehead atoms. The molecule has 1 atom stereocenters. The van der Waals surface area contributed by atoms with Gasteiger partial charge in [0.2, 0.25) is 11.8 Å². The van der Waals surface area contributed by atoms with Crippen LogP contribution in [-0.2, 0) is 14.3 Å². The van der Waals surface area contributed by atoms with Crippen LogP contribution in [0.1, 0.15) is 23.7 Å². The van der Waals surface area contributed by atoms with E-state index in [0.717, 1.165) is 0 Å². The molecule has 2 aromatic rings. The van der Waals surface area contributed by atoms with Gasteiger partial charge in [0, 0.05) is 18.7 Å². The molecule has 2 aromatic carbocycles. The molecule has 0 aromatic heterocycles. The van der Waals surface area contributed by atoms with E-state index in [-0.39, 0.29) is 37.0 Å². The number of nitrogens with zero attached hydrogens (tertiary/aromatic N) is 1. The summed E-state index contributed by atoms with van der Waals surface area (Å²) in [5.74, 6) is -2.05. The van der Waals surface area contributed by atoms with Crippen molar-refractivity contribution in [3.05, 3.63) is 59.9 Å². The third-order valence-corrected chi connectivity index (χ3v) is 4.30. The van der Waals surface area contributed by atoms with Crippen molar-refractivity contribution in [3.8, 4) is 0 Å². The minimum atomic E-state index is -0.571. The zero-order valence-corrected chi connectivity index (χ0v) is 14.8. The van der Waals surface area contributed by atoms with E-state index in [1.807, 2.05) is 0 Å². The number of para-hydroxylation sites is 1. The highest BCUT2D eigenvalue weighted by atomic mass is 19.1. The SMILES string of the molecule is CCOC(=O)c1ccccc1N1CC(C(=O)Nc2ccc(F)cc2)CC1=O. The van der Waals surface area contributed by atoms with Crippen molar-refractivity contribution >= 4 is 29.2 Å². The fourth-order valence-corrected chi connectivity index (χ4v) is 2.98. The number of ether oxygens (including phenoxy) is 1. The number of hydrogen-bond donors (Lipinski definition) is 1. The normalized spacial score (nSPS) is 16.3. The van der Waals surface area contributed by atoms with E-state index in [9.17, 15) is 18.8 Å². The van der Waals surface area contributed by atoms with Gasteiger partial charge in [-0.05, 0) is 43.3 Å². The van der Waals surface area contributed by atoms with Gasteiger partial charge >= 0.3 is 5.97 Å². The molecule has 0 radical (unpaired) electrons. The molecular weight excluding hydrogens is 351 g/mol. The van der Waals surface area contributed by atoms with Crippen LogP contribution in [0, 0.1) is 11.7 Å². The van der Waals surface area contributed by atoms with E-state index in [0.29, 0.717) is 11.4 Å². The third kappa shape index (κ3) is 4.13. The van der Waals surface area contributed by atoms with Crippen molar-refractivity contribution < 1.29 is 23.5 Å². The number of carbonyl (C=O) groups excluding carboxylic acids is 3. The predicted octanol–water partition coefficient (Wildman–Crippen LogP) is 2.99. The Bertz CT molecular complexity index is 867. The number of hydrogen-bond acceptors (Lipinski definition) is 4. The maximum absolute atomic E-state index is 13.0. The summed E-state index contributed by atoms with van der Waals surface area (Å²) >= 11 is 0. The molecule has 0 saturated carbocycles. The Balaban J connectivity index is 1.75. The van der Waals surface area contributed by atoms with E-state index in [1.165, 1.54) is 29.2 Å². The Morgan fingerprint density at radius 2 is 1.89 bits per heavy atom. The number of amides is 2. The molecule has 3 rings (SSSR count). The fourth-order valence-electron chi connectivity index (χ4n) is 2.98. The minimum Gasteiger partial charge on any atom is -0.462 e. The lowest BCUT2D eigenvalue weighted by Crippen LogP contribution is -2.29. The molecule has 1 heterocycles. The van der Waals surface area contributed by atoms with Crippen molar-refractivity contribution in [2.45, 2.75) is 13.3 Å². The lowest BCUT2D eigenvalue weighted by atomic mass is 10.1. The average Bonchev–Trinajstić information content (AvgIpc) is 3.05. The van der Waals surface area contributed by atoms with Crippen LogP contribution in [-0.4, -0.2) is 30.9 Å². The minimum absolute atomic E-state index is 0.0319. The smallest absolute Gasteiger partial charge is 0.340 e. The largest absolute Gasteiger partial charge is 0.462 e. The molecule has 1 aliphatic heterocycles. The summed E-state index contributed by atoms with van der Waals surface area (Å²) in [5, 5.41) is 2.69. The third-order valence-electron chi connectivity index (χ3n) is 4.30. The lowest BCUT2D eigenvalue weighted by Gasteiger charge is -2.19. The lowest BCUT2D eigenvalue weighted by molar-refractivity contribution is -0.122. The van der Waals surface area contributed by atoms with Crippen LogP contribution < -0.4 is 10.2 Å².